The molecule has 7 heteroatoms. The predicted octanol–water partition coefficient (Wildman–Crippen LogP) is 1.74. The summed E-state index contributed by atoms with van der Waals surface area (Å²) in [5.41, 5.74) is 1.76. The first-order valence-electron chi connectivity index (χ1n) is 6.59. The quantitative estimate of drug-likeness (QED) is 0.794. The van der Waals surface area contributed by atoms with Crippen molar-refractivity contribution in [3.05, 3.63) is 54.2 Å². The van der Waals surface area contributed by atoms with Crippen LogP contribution in [0.4, 0.5) is 0 Å². The second kappa shape index (κ2) is 5.43. The van der Waals surface area contributed by atoms with E-state index in [1.54, 1.807) is 17.9 Å². The molecule has 0 bridgehead atoms. The largest absolute Gasteiger partial charge is 0.497 e. The van der Waals surface area contributed by atoms with Crippen LogP contribution in [0.25, 0.3) is 10.9 Å². The van der Waals surface area contributed by atoms with Crippen molar-refractivity contribution in [2.24, 2.45) is 5.14 Å². The molecule has 3 rings (SSSR count). The van der Waals surface area contributed by atoms with E-state index in [2.05, 4.69) is 5.10 Å². The van der Waals surface area contributed by atoms with Crippen LogP contribution in [-0.2, 0) is 16.6 Å². The van der Waals surface area contributed by atoms with Crippen LogP contribution in [0, 0.1) is 0 Å². The normalized spacial score (nSPS) is 11.7. The molecule has 22 heavy (non-hydrogen) atoms. The van der Waals surface area contributed by atoms with Gasteiger partial charge in [-0.25, -0.2) is 13.6 Å². The molecule has 0 aliphatic carbocycles. The van der Waals surface area contributed by atoms with E-state index >= 15 is 0 Å². The van der Waals surface area contributed by atoms with Gasteiger partial charge in [0.2, 0.25) is 10.0 Å². The number of rotatable bonds is 4. The summed E-state index contributed by atoms with van der Waals surface area (Å²) in [6, 6.07) is 12.6. The minimum atomic E-state index is -3.77. The van der Waals surface area contributed by atoms with E-state index in [1.165, 1.54) is 12.3 Å². The Labute approximate surface area is 128 Å². The lowest BCUT2D eigenvalue weighted by molar-refractivity contribution is 0.414. The van der Waals surface area contributed by atoms with Crippen LogP contribution in [0.2, 0.25) is 0 Å². The van der Waals surface area contributed by atoms with E-state index in [0.717, 1.165) is 16.8 Å². The standard InChI is InChI=1S/C15H15N3O3S/c1-21-12-7-5-11(6-8-12)10-18-14-3-2-4-15(22(16,19)20)13(14)9-17-18/h2-9H,10H2,1H3,(H2,16,19,20). The second-order valence-electron chi connectivity index (χ2n) is 4.88. The van der Waals surface area contributed by atoms with Crippen molar-refractivity contribution in [2.45, 2.75) is 11.4 Å². The zero-order valence-electron chi connectivity index (χ0n) is 11.9. The maximum absolute atomic E-state index is 11.6. The zero-order valence-corrected chi connectivity index (χ0v) is 12.7. The average molecular weight is 317 g/mol. The van der Waals surface area contributed by atoms with E-state index in [4.69, 9.17) is 9.88 Å². The Bertz CT molecular complexity index is 915. The van der Waals surface area contributed by atoms with Gasteiger partial charge in [0.05, 0.1) is 30.3 Å². The van der Waals surface area contributed by atoms with Gasteiger partial charge >= 0.3 is 0 Å². The molecule has 2 aromatic carbocycles. The van der Waals surface area contributed by atoms with Crippen LogP contribution in [-0.4, -0.2) is 25.3 Å². The fourth-order valence-corrected chi connectivity index (χ4v) is 3.09. The van der Waals surface area contributed by atoms with Crippen molar-refractivity contribution in [1.29, 1.82) is 0 Å². The highest BCUT2D eigenvalue weighted by molar-refractivity contribution is 7.89. The van der Waals surface area contributed by atoms with Crippen molar-refractivity contribution in [1.82, 2.24) is 9.78 Å². The van der Waals surface area contributed by atoms with E-state index in [0.29, 0.717) is 11.9 Å². The van der Waals surface area contributed by atoms with Gasteiger partial charge in [0.1, 0.15) is 5.75 Å². The molecule has 0 aliphatic heterocycles. The Kier molecular flexibility index (Phi) is 3.59. The summed E-state index contributed by atoms with van der Waals surface area (Å²) in [6.45, 7) is 0.529. The van der Waals surface area contributed by atoms with Crippen LogP contribution in [0.15, 0.2) is 53.6 Å². The van der Waals surface area contributed by atoms with Crippen LogP contribution in [0.5, 0.6) is 5.75 Å². The van der Waals surface area contributed by atoms with Gasteiger partial charge in [-0.05, 0) is 29.8 Å². The summed E-state index contributed by atoms with van der Waals surface area (Å²) in [7, 11) is -2.15. The van der Waals surface area contributed by atoms with Crippen molar-refractivity contribution < 1.29 is 13.2 Å². The molecule has 1 aromatic heterocycles. The summed E-state index contributed by atoms with van der Waals surface area (Å²) in [6.07, 6.45) is 1.53. The molecule has 0 unspecified atom stereocenters. The first kappa shape index (κ1) is 14.6. The third kappa shape index (κ3) is 2.68. The molecular weight excluding hydrogens is 302 g/mol. The summed E-state index contributed by atoms with van der Waals surface area (Å²) >= 11 is 0. The van der Waals surface area contributed by atoms with Gasteiger partial charge in [0.15, 0.2) is 0 Å². The van der Waals surface area contributed by atoms with Gasteiger partial charge in [0.25, 0.3) is 0 Å². The van der Waals surface area contributed by atoms with E-state index < -0.39 is 10.0 Å². The summed E-state index contributed by atoms with van der Waals surface area (Å²) in [5, 5.41) is 10.0. The van der Waals surface area contributed by atoms with Gasteiger partial charge in [-0.1, -0.05) is 18.2 Å². The number of methoxy groups -OCH3 is 1. The molecule has 0 fully saturated rings. The Morgan fingerprint density at radius 2 is 1.91 bits per heavy atom. The van der Waals surface area contributed by atoms with Crippen LogP contribution in [0.1, 0.15) is 5.56 Å². The van der Waals surface area contributed by atoms with Crippen LogP contribution >= 0.6 is 0 Å². The molecule has 1 heterocycles. The van der Waals surface area contributed by atoms with Gasteiger partial charge in [-0.3, -0.25) is 4.68 Å². The molecule has 0 saturated carbocycles. The van der Waals surface area contributed by atoms with Crippen LogP contribution in [0.3, 0.4) is 0 Å². The maximum Gasteiger partial charge on any atom is 0.238 e. The predicted molar refractivity (Wildman–Crippen MR) is 83.2 cm³/mol. The molecule has 0 spiro atoms. The number of primary sulfonamides is 1. The number of sulfonamides is 1. The Morgan fingerprint density at radius 3 is 2.55 bits per heavy atom. The molecule has 0 radical (unpaired) electrons. The molecule has 3 aromatic rings. The van der Waals surface area contributed by atoms with E-state index in [9.17, 15) is 8.42 Å². The fourth-order valence-electron chi connectivity index (χ4n) is 2.35. The minimum absolute atomic E-state index is 0.0889. The Morgan fingerprint density at radius 1 is 1.18 bits per heavy atom. The van der Waals surface area contributed by atoms with Gasteiger partial charge < -0.3 is 4.74 Å². The Balaban J connectivity index is 2.01. The van der Waals surface area contributed by atoms with Crippen LogP contribution < -0.4 is 9.88 Å². The lowest BCUT2D eigenvalue weighted by Gasteiger charge is -2.06. The minimum Gasteiger partial charge on any atom is -0.497 e. The molecule has 2 N–H and O–H groups in total. The molecule has 0 saturated heterocycles. The van der Waals surface area contributed by atoms with E-state index in [-0.39, 0.29) is 4.90 Å². The molecule has 0 amide bonds. The lowest BCUT2D eigenvalue weighted by atomic mass is 10.2. The molecular formula is C15H15N3O3S. The first-order valence-corrected chi connectivity index (χ1v) is 8.14. The molecule has 6 nitrogen and oxygen atoms in total. The number of aromatic nitrogens is 2. The topological polar surface area (TPSA) is 87.2 Å². The Hall–Kier alpha value is -2.38. The van der Waals surface area contributed by atoms with Crippen molar-refractivity contribution >= 4 is 20.9 Å². The number of fused-ring (bicyclic) bond motifs is 1. The summed E-state index contributed by atoms with van der Waals surface area (Å²) in [5.74, 6) is 0.783. The number of nitrogens with two attached hydrogens (primary N) is 1. The SMILES string of the molecule is COc1ccc(Cn2ncc3c(S(N)(=O)=O)cccc32)cc1. The first-order chi connectivity index (χ1) is 10.5. The third-order valence-electron chi connectivity index (χ3n) is 3.45. The van der Waals surface area contributed by atoms with Gasteiger partial charge in [0, 0.05) is 5.39 Å². The molecule has 114 valence electrons. The molecule has 0 aliphatic rings. The number of nitrogens with zero attached hydrogens (tertiary/aromatic N) is 2. The van der Waals surface area contributed by atoms with Gasteiger partial charge in [-0.15, -0.1) is 0 Å². The smallest absolute Gasteiger partial charge is 0.238 e. The van der Waals surface area contributed by atoms with Crippen molar-refractivity contribution in [3.8, 4) is 5.75 Å². The van der Waals surface area contributed by atoms with Crippen molar-refractivity contribution in [2.75, 3.05) is 7.11 Å². The average Bonchev–Trinajstić information content (AvgIpc) is 2.90. The number of hydrogen-bond donors (Lipinski definition) is 1. The highest BCUT2D eigenvalue weighted by Gasteiger charge is 2.15. The third-order valence-corrected chi connectivity index (χ3v) is 4.41. The zero-order chi connectivity index (χ0) is 15.7. The van der Waals surface area contributed by atoms with Gasteiger partial charge in [-0.2, -0.15) is 5.10 Å². The van der Waals surface area contributed by atoms with E-state index in [1.807, 2.05) is 30.3 Å². The summed E-state index contributed by atoms with van der Waals surface area (Å²) < 4.78 is 30.1. The van der Waals surface area contributed by atoms with Crippen molar-refractivity contribution in [3.63, 3.8) is 0 Å². The number of hydrogen-bond acceptors (Lipinski definition) is 4. The second-order valence-corrected chi connectivity index (χ2v) is 6.41. The highest BCUT2D eigenvalue weighted by atomic mass is 32.2. The lowest BCUT2D eigenvalue weighted by Crippen LogP contribution is -2.12. The summed E-state index contributed by atoms with van der Waals surface area (Å²) in [4.78, 5) is 0.0889. The highest BCUT2D eigenvalue weighted by Crippen LogP contribution is 2.22. The number of ether oxygens (including phenoxy) is 1. The monoisotopic (exact) mass is 317 g/mol. The number of benzene rings is 2. The molecule has 0 atom stereocenters. The fraction of sp³-hybridized carbons (Fsp3) is 0.133. The maximum atomic E-state index is 11.6.